The number of benzene rings is 6. The first-order valence-electron chi connectivity index (χ1n) is 39.9. The molecule has 14 atom stereocenters. The molecule has 6 heterocycles. The van der Waals surface area contributed by atoms with Crippen molar-refractivity contribution in [1.29, 1.82) is 0 Å². The number of carbonyl (C=O) groups is 8. The van der Waals surface area contributed by atoms with Crippen molar-refractivity contribution in [3.8, 4) is 62.9 Å². The summed E-state index contributed by atoms with van der Waals surface area (Å²) in [6.45, 7) is 7.66. The number of phenols is 3. The number of halogens is 2. The van der Waals surface area contributed by atoms with Gasteiger partial charge in [-0.15, -0.1) is 0 Å². The lowest BCUT2D eigenvalue weighted by Gasteiger charge is -2.54. The van der Waals surface area contributed by atoms with E-state index in [4.69, 9.17) is 56.4 Å². The molecule has 638 valence electrons. The number of phenolic OH excluding ortho intramolecular Hbond substituents is 3. The Hall–Kier alpha value is -9.55. The second-order valence-corrected chi connectivity index (χ2v) is 34.6. The Morgan fingerprint density at radius 1 is 0.630 bits per heavy atom. The van der Waals surface area contributed by atoms with Crippen molar-refractivity contribution in [2.24, 2.45) is 47.3 Å². The van der Waals surface area contributed by atoms with Crippen LogP contribution in [-0.4, -0.2) is 184 Å². The first kappa shape index (κ1) is 87.3. The van der Waals surface area contributed by atoms with Crippen molar-refractivity contribution in [2.75, 3.05) is 39.6 Å². The molecule has 14 N–H and O–H groups in total. The molecular weight excluding hydrogens is 1610 g/mol. The van der Waals surface area contributed by atoms with E-state index in [0.29, 0.717) is 31.5 Å². The first-order valence-corrected chi connectivity index (χ1v) is 42.1. The number of aliphatic hydroxyl groups excluding tert-OH is 6. The third-order valence-corrected chi connectivity index (χ3v) is 25.6. The number of nitrogens with one attached hydrogen (secondary N) is 5. The van der Waals surface area contributed by atoms with Crippen LogP contribution in [0.3, 0.4) is 0 Å². The van der Waals surface area contributed by atoms with Gasteiger partial charge in [0.15, 0.2) is 28.8 Å². The van der Waals surface area contributed by atoms with Gasteiger partial charge >= 0.3 is 0 Å². The van der Waals surface area contributed by atoms with E-state index in [-0.39, 0.29) is 112 Å². The van der Waals surface area contributed by atoms with Crippen LogP contribution in [0, 0.1) is 47.3 Å². The molecule has 34 heteroatoms. The van der Waals surface area contributed by atoms with Crippen molar-refractivity contribution in [3.63, 3.8) is 0 Å². The normalized spacial score (nSPS) is 27.7. The van der Waals surface area contributed by atoms with Crippen LogP contribution in [-0.2, 0) is 62.6 Å². The van der Waals surface area contributed by atoms with Crippen LogP contribution in [0.1, 0.15) is 156 Å². The number of Topliss-reactive ketones (excluding diaryl/α,β-unsaturated/α-hetero) is 3. The topological polar surface area (TPSA) is 478 Å². The standard InChI is InChI=1S/C85H97Cl2N5O26S/c1-5-42(21-39(3)4)81(106)90-73-61(97)30-49(33-69(100)92-119(110,111)52-12-10-51(11-13-52)114-20-19-113-18-17-112-6-2)82(107)88-71-48-31-66(115-64-15-8-44(75(73)101)28-57(64)86)80(118-85-79(105)78(104)77(103)68(38-93)117-85)67(32-48)116-65-16-9-45(29-58(65)87)76(102)74-84(109)89-72(63(99)36-53-46-23-40-22-41(25-46)26-47(53)24-40)56-34-50(94)35-60(96)70(56)55-27-43(7-14-59(55)95)54(37-62(71)98)83(108)91-74/h7-16,27-29,31-32,34-35,39-42,46-47,49,53-54,68,71-79,85,93-96,101-105H,5-6,17-26,30,33,36-38H2,1-4H3,(H,88,107)(H,89,109)(H,90,106)(H,91,108)(H,92,100)/t40?,41?,42-,46?,47?,49+,53?,54-,68-,71-,72+,73+,74+,75-,76-,77-,78+,79-,85+/m1/s1. The van der Waals surface area contributed by atoms with E-state index in [1.54, 1.807) is 6.92 Å². The van der Waals surface area contributed by atoms with E-state index in [1.807, 2.05) is 25.5 Å². The number of ketones is 3. The summed E-state index contributed by atoms with van der Waals surface area (Å²) in [4.78, 5) is 124. The number of hydrogen-bond donors (Lipinski definition) is 14. The van der Waals surface area contributed by atoms with Crippen LogP contribution in [0.15, 0.2) is 108 Å². The third kappa shape index (κ3) is 19.4. The number of aliphatic hydroxyl groups is 6. The molecule has 15 bridgehead atoms. The third-order valence-electron chi connectivity index (χ3n) is 23.6. The first-order chi connectivity index (χ1) is 56.8. The summed E-state index contributed by atoms with van der Waals surface area (Å²) < 4.78 is 72.5. The molecule has 31 nitrogen and oxygen atoms in total. The zero-order valence-corrected chi connectivity index (χ0v) is 67.8. The number of ether oxygens (including phenoxy) is 7. The quantitative estimate of drug-likeness (QED) is 0.0273. The zero-order chi connectivity index (χ0) is 85.2. The van der Waals surface area contributed by atoms with Gasteiger partial charge in [0.05, 0.1) is 53.2 Å². The minimum Gasteiger partial charge on any atom is -0.508 e. The predicted octanol–water partition coefficient (Wildman–Crippen LogP) is 7.68. The maximum atomic E-state index is 16.6. The molecule has 6 aromatic rings. The van der Waals surface area contributed by atoms with Crippen LogP contribution >= 0.6 is 23.2 Å². The lowest BCUT2D eigenvalue weighted by atomic mass is 9.51. The summed E-state index contributed by atoms with van der Waals surface area (Å²) in [6, 6.07) is 11.4. The molecule has 119 heavy (non-hydrogen) atoms. The summed E-state index contributed by atoms with van der Waals surface area (Å²) in [5, 5.41) is 115. The molecule has 0 unspecified atom stereocenters. The Bertz CT molecular complexity index is 4930. The minimum atomic E-state index is -4.89. The second kappa shape index (κ2) is 37.2. The molecule has 10 aliphatic rings. The van der Waals surface area contributed by atoms with Crippen molar-refractivity contribution >= 4 is 80.1 Å². The molecule has 0 aromatic heterocycles. The van der Waals surface area contributed by atoms with Gasteiger partial charge in [0, 0.05) is 55.4 Å². The van der Waals surface area contributed by atoms with Gasteiger partial charge in [-0.3, -0.25) is 38.4 Å². The minimum absolute atomic E-state index is 0.0581. The molecule has 1 saturated heterocycles. The maximum absolute atomic E-state index is 16.6. The highest BCUT2D eigenvalue weighted by Gasteiger charge is 2.51. The molecule has 4 saturated carbocycles. The highest BCUT2D eigenvalue weighted by atomic mass is 35.5. The molecular formula is C85H97Cl2N5O26S. The van der Waals surface area contributed by atoms with Crippen molar-refractivity contribution in [3.05, 3.63) is 141 Å². The highest BCUT2D eigenvalue weighted by Crippen LogP contribution is 2.58. The van der Waals surface area contributed by atoms with Crippen molar-refractivity contribution in [2.45, 2.75) is 176 Å². The van der Waals surface area contributed by atoms with Crippen LogP contribution < -0.4 is 44.9 Å². The van der Waals surface area contributed by atoms with Gasteiger partial charge in [0.1, 0.15) is 102 Å². The van der Waals surface area contributed by atoms with E-state index < -0.39 is 218 Å². The van der Waals surface area contributed by atoms with E-state index in [2.05, 4.69) is 21.3 Å². The average Bonchev–Trinajstić information content (AvgIpc) is 0.738. The Kier molecular flexibility index (Phi) is 27.3. The van der Waals surface area contributed by atoms with Gasteiger partial charge in [-0.2, -0.15) is 0 Å². The number of aromatic hydroxyl groups is 3. The Morgan fingerprint density at radius 2 is 1.26 bits per heavy atom. The highest BCUT2D eigenvalue weighted by molar-refractivity contribution is 7.90. The van der Waals surface area contributed by atoms with Crippen molar-refractivity contribution in [1.82, 2.24) is 26.0 Å². The fourth-order valence-electron chi connectivity index (χ4n) is 17.8. The summed E-state index contributed by atoms with van der Waals surface area (Å²) in [6.07, 6.45) is -12.5. The number of fused-ring (bicyclic) bond motifs is 15. The Labute approximate surface area is 695 Å². The number of carbonyl (C=O) groups excluding carboxylic acids is 8. The monoisotopic (exact) mass is 1710 g/mol. The molecule has 4 aliphatic carbocycles. The van der Waals surface area contributed by atoms with Gasteiger partial charge in [0.2, 0.25) is 41.6 Å². The summed E-state index contributed by atoms with van der Waals surface area (Å²) in [5.74, 6) is -16.9. The van der Waals surface area contributed by atoms with Gasteiger partial charge in [0.25, 0.3) is 10.0 Å². The molecule has 16 rings (SSSR count). The van der Waals surface area contributed by atoms with Crippen molar-refractivity contribution < 1.29 is 126 Å². The van der Waals surface area contributed by atoms with Crippen LogP contribution in [0.25, 0.3) is 11.1 Å². The lowest BCUT2D eigenvalue weighted by Crippen LogP contribution is -2.60. The summed E-state index contributed by atoms with van der Waals surface area (Å²) in [7, 11) is -4.89. The Balaban J connectivity index is 0.976. The summed E-state index contributed by atoms with van der Waals surface area (Å²) >= 11 is 14.3. The van der Waals surface area contributed by atoms with E-state index in [0.717, 1.165) is 86.7 Å². The Morgan fingerprint density at radius 3 is 1.88 bits per heavy atom. The smallest absolute Gasteiger partial charge is 0.264 e. The van der Waals surface area contributed by atoms with Gasteiger partial charge in [-0.25, -0.2) is 13.1 Å². The molecule has 6 aromatic carbocycles. The van der Waals surface area contributed by atoms with E-state index in [9.17, 15) is 64.0 Å². The SMILES string of the molecule is CCOCCOCCOc1ccc(S(=O)(=O)NC(=O)C[C@@H]2CC(=O)[C@H](NC(=O)[C@H](CC)CC(C)C)[C@H](O)c3ccc(c(Cl)c3)Oc3cc4cc(c3O[C@@H]3O[C@H](CO)[C@@H](O)[C@H](O)[C@H]3O)Oc3ccc(cc3Cl)[C@@H](O)[C@@H]3NC(=O)[C@H](CC(=O)[C@@H]4NC2=O)c2ccc(O)c(c2)-c2c(O)cc(O)cc2[C@@H](C(=O)CC2C4CC5CC(C4)CC2C5)NC3=O)cc1. The van der Waals surface area contributed by atoms with Gasteiger partial charge in [-0.1, -0.05) is 62.2 Å². The fraction of sp³-hybridized carbons (Fsp3) is 0.482. The van der Waals surface area contributed by atoms with Gasteiger partial charge in [-0.05, 0) is 194 Å². The maximum Gasteiger partial charge on any atom is 0.264 e. The van der Waals surface area contributed by atoms with Crippen LogP contribution in [0.4, 0.5) is 0 Å². The van der Waals surface area contributed by atoms with E-state index >= 15 is 28.8 Å². The molecule has 0 spiro atoms. The number of amides is 5. The van der Waals surface area contributed by atoms with Crippen LogP contribution in [0.5, 0.6) is 51.7 Å². The number of rotatable bonds is 23. The molecule has 6 aliphatic heterocycles. The predicted molar refractivity (Wildman–Crippen MR) is 424 cm³/mol. The van der Waals surface area contributed by atoms with E-state index in [1.165, 1.54) is 48.5 Å². The molecule has 5 fully saturated rings. The lowest BCUT2D eigenvalue weighted by molar-refractivity contribution is -0.277. The molecule has 5 amide bonds. The fourth-order valence-corrected chi connectivity index (χ4v) is 19.2. The largest absolute Gasteiger partial charge is 0.508 e. The number of hydrogen-bond acceptors (Lipinski definition) is 26. The molecule has 0 radical (unpaired) electrons. The van der Waals surface area contributed by atoms with Gasteiger partial charge < -0.3 is 100 Å². The zero-order valence-electron chi connectivity index (χ0n) is 65.5. The second-order valence-electron chi connectivity index (χ2n) is 32.1. The number of sulfonamides is 1. The average molecular weight is 1710 g/mol. The van der Waals surface area contributed by atoms with Crippen LogP contribution in [0.2, 0.25) is 10.0 Å². The summed E-state index contributed by atoms with van der Waals surface area (Å²) in [5.41, 5.74) is -1.80.